The fraction of sp³-hybridized carbons (Fsp3) is 0.562. The van der Waals surface area contributed by atoms with Gasteiger partial charge in [-0.15, -0.1) is 0 Å². The molecule has 2 unspecified atom stereocenters. The van der Waals surface area contributed by atoms with Crippen LogP contribution in [0.15, 0.2) is 24.3 Å². The summed E-state index contributed by atoms with van der Waals surface area (Å²) >= 11 is 6.20. The van der Waals surface area contributed by atoms with Crippen molar-refractivity contribution in [3.05, 3.63) is 34.9 Å². The number of unbranched alkanes of at least 4 members (excludes halogenated alkanes) is 1. The minimum absolute atomic E-state index is 0.0555. The first-order valence-corrected chi connectivity index (χ1v) is 7.93. The van der Waals surface area contributed by atoms with Gasteiger partial charge in [-0.25, -0.2) is 0 Å². The van der Waals surface area contributed by atoms with E-state index in [1.165, 1.54) is 0 Å². The fourth-order valence-corrected chi connectivity index (χ4v) is 2.77. The summed E-state index contributed by atoms with van der Waals surface area (Å²) in [4.78, 5) is 14.5. The highest BCUT2D eigenvalue weighted by Gasteiger charge is 2.31. The van der Waals surface area contributed by atoms with Gasteiger partial charge in [0.15, 0.2) is 0 Å². The number of benzene rings is 1. The molecule has 2 N–H and O–H groups in total. The van der Waals surface area contributed by atoms with Gasteiger partial charge in [-0.3, -0.25) is 4.79 Å². The molecule has 21 heavy (non-hydrogen) atoms. The van der Waals surface area contributed by atoms with Gasteiger partial charge >= 0.3 is 0 Å². The molecule has 0 saturated carbocycles. The van der Waals surface area contributed by atoms with Gasteiger partial charge in [0.2, 0.25) is 5.91 Å². The maximum absolute atomic E-state index is 12.6. The van der Waals surface area contributed by atoms with Crippen LogP contribution in [0.3, 0.4) is 0 Å². The van der Waals surface area contributed by atoms with Crippen molar-refractivity contribution >= 4 is 17.5 Å². The second-order valence-corrected chi connectivity index (χ2v) is 5.96. The molecule has 0 aromatic heterocycles. The Kier molecular flexibility index (Phi) is 6.03. The van der Waals surface area contributed by atoms with Crippen LogP contribution >= 0.6 is 11.6 Å². The maximum atomic E-state index is 12.6. The van der Waals surface area contributed by atoms with Crippen LogP contribution in [0.25, 0.3) is 0 Å². The molecule has 2 rings (SSSR count). The van der Waals surface area contributed by atoms with Crippen LogP contribution in [-0.4, -0.2) is 41.1 Å². The van der Waals surface area contributed by atoms with Gasteiger partial charge in [0.25, 0.3) is 0 Å². The summed E-state index contributed by atoms with van der Waals surface area (Å²) in [6.45, 7) is 3.83. The van der Waals surface area contributed by atoms with Gasteiger partial charge in [0.05, 0.1) is 12.1 Å². The van der Waals surface area contributed by atoms with E-state index in [0.29, 0.717) is 24.5 Å². The van der Waals surface area contributed by atoms with Gasteiger partial charge < -0.3 is 15.3 Å². The molecule has 1 aliphatic rings. The summed E-state index contributed by atoms with van der Waals surface area (Å²) in [6.07, 6.45) is 2.06. The number of nitrogens with one attached hydrogen (secondary N) is 1. The molecule has 2 atom stereocenters. The Bertz CT molecular complexity index is 481. The zero-order valence-electron chi connectivity index (χ0n) is 12.4. The van der Waals surface area contributed by atoms with E-state index >= 15 is 0 Å². The Morgan fingerprint density at radius 1 is 1.48 bits per heavy atom. The Hall–Kier alpha value is -1.10. The van der Waals surface area contributed by atoms with Crippen LogP contribution < -0.4 is 5.32 Å². The van der Waals surface area contributed by atoms with Crippen LogP contribution in [0.2, 0.25) is 5.02 Å². The Balaban J connectivity index is 2.07. The lowest BCUT2D eigenvalue weighted by Crippen LogP contribution is -2.43. The summed E-state index contributed by atoms with van der Waals surface area (Å²) in [6, 6.07) is 7.34. The highest BCUT2D eigenvalue weighted by Crippen LogP contribution is 2.19. The number of nitrogens with zero attached hydrogens (tertiary/aromatic N) is 1. The smallest absolute Gasteiger partial charge is 0.240 e. The molecule has 1 saturated heterocycles. The first-order valence-electron chi connectivity index (χ1n) is 7.55. The minimum Gasteiger partial charge on any atom is -0.392 e. The SMILES string of the molecule is CCCCN(Cc1ccccc1Cl)C(=O)C1CC(O)CN1. The third-order valence-electron chi connectivity index (χ3n) is 3.82. The number of carbonyl (C=O) groups excluding carboxylic acids is 1. The number of halogens is 1. The van der Waals surface area contributed by atoms with Crippen molar-refractivity contribution < 1.29 is 9.90 Å². The molecule has 0 bridgehead atoms. The summed E-state index contributed by atoms with van der Waals surface area (Å²) in [7, 11) is 0. The number of rotatable bonds is 6. The topological polar surface area (TPSA) is 52.6 Å². The van der Waals surface area contributed by atoms with Crippen LogP contribution in [0.1, 0.15) is 31.7 Å². The molecular formula is C16H23ClN2O2. The quantitative estimate of drug-likeness (QED) is 0.847. The van der Waals surface area contributed by atoms with Crippen molar-refractivity contribution in [2.75, 3.05) is 13.1 Å². The molecule has 1 fully saturated rings. The molecule has 116 valence electrons. The molecule has 1 heterocycles. The van der Waals surface area contributed by atoms with E-state index in [4.69, 9.17) is 11.6 Å². The van der Waals surface area contributed by atoms with E-state index < -0.39 is 6.10 Å². The van der Waals surface area contributed by atoms with Crippen LogP contribution in [-0.2, 0) is 11.3 Å². The Morgan fingerprint density at radius 2 is 2.24 bits per heavy atom. The first kappa shape index (κ1) is 16.3. The summed E-state index contributed by atoms with van der Waals surface area (Å²) in [5.41, 5.74) is 0.960. The first-order chi connectivity index (χ1) is 10.1. The lowest BCUT2D eigenvalue weighted by Gasteiger charge is -2.26. The molecule has 1 amide bonds. The van der Waals surface area contributed by atoms with Crippen molar-refractivity contribution in [1.29, 1.82) is 0 Å². The predicted octanol–water partition coefficient (Wildman–Crippen LogP) is 2.19. The van der Waals surface area contributed by atoms with Gasteiger partial charge in [-0.05, 0) is 24.5 Å². The number of β-amino-alcohol motifs (C(OH)–C–C–N with tert-alkyl or cyclic N) is 1. The highest BCUT2D eigenvalue weighted by atomic mass is 35.5. The van der Waals surface area contributed by atoms with E-state index in [0.717, 1.165) is 24.9 Å². The molecule has 1 aromatic carbocycles. The lowest BCUT2D eigenvalue weighted by atomic mass is 10.1. The van der Waals surface area contributed by atoms with E-state index in [2.05, 4.69) is 12.2 Å². The summed E-state index contributed by atoms with van der Waals surface area (Å²) in [5.74, 6) is 0.0555. The number of aliphatic hydroxyl groups is 1. The normalized spacial score (nSPS) is 21.5. The average Bonchev–Trinajstić information content (AvgIpc) is 2.91. The fourth-order valence-electron chi connectivity index (χ4n) is 2.57. The molecule has 4 nitrogen and oxygen atoms in total. The summed E-state index contributed by atoms with van der Waals surface area (Å²) < 4.78 is 0. The highest BCUT2D eigenvalue weighted by molar-refractivity contribution is 6.31. The number of hydrogen-bond acceptors (Lipinski definition) is 3. The van der Waals surface area contributed by atoms with Crippen LogP contribution in [0.5, 0.6) is 0 Å². The Labute approximate surface area is 131 Å². The third-order valence-corrected chi connectivity index (χ3v) is 4.19. The number of amides is 1. The van der Waals surface area contributed by atoms with Gasteiger partial charge in [0, 0.05) is 24.7 Å². The Morgan fingerprint density at radius 3 is 2.86 bits per heavy atom. The van der Waals surface area contributed by atoms with Crippen molar-refractivity contribution in [2.24, 2.45) is 0 Å². The van der Waals surface area contributed by atoms with Crippen LogP contribution in [0, 0.1) is 0 Å². The second-order valence-electron chi connectivity index (χ2n) is 5.56. The molecule has 1 aliphatic heterocycles. The van der Waals surface area contributed by atoms with E-state index in [-0.39, 0.29) is 11.9 Å². The minimum atomic E-state index is -0.424. The second kappa shape index (κ2) is 7.78. The monoisotopic (exact) mass is 310 g/mol. The largest absolute Gasteiger partial charge is 0.392 e. The van der Waals surface area contributed by atoms with Crippen molar-refractivity contribution in [3.8, 4) is 0 Å². The number of hydrogen-bond donors (Lipinski definition) is 2. The van der Waals surface area contributed by atoms with Crippen molar-refractivity contribution in [2.45, 2.75) is 44.9 Å². The predicted molar refractivity (Wildman–Crippen MR) is 84.2 cm³/mol. The molecule has 5 heteroatoms. The molecule has 0 spiro atoms. The van der Waals surface area contributed by atoms with E-state index in [1.807, 2.05) is 29.2 Å². The van der Waals surface area contributed by atoms with Gasteiger partial charge in [0.1, 0.15) is 0 Å². The molecule has 0 radical (unpaired) electrons. The van der Waals surface area contributed by atoms with Crippen LogP contribution in [0.4, 0.5) is 0 Å². The van der Waals surface area contributed by atoms with Crippen molar-refractivity contribution in [1.82, 2.24) is 10.2 Å². The lowest BCUT2D eigenvalue weighted by molar-refractivity contribution is -0.134. The molecule has 0 aliphatic carbocycles. The zero-order valence-corrected chi connectivity index (χ0v) is 13.1. The number of carbonyl (C=O) groups is 1. The summed E-state index contributed by atoms with van der Waals surface area (Å²) in [5, 5.41) is 13.4. The standard InChI is InChI=1S/C16H23ClN2O2/c1-2-3-8-19(11-12-6-4-5-7-14(12)17)16(21)15-9-13(20)10-18-15/h4-7,13,15,18,20H,2-3,8-11H2,1H3. The maximum Gasteiger partial charge on any atom is 0.240 e. The van der Waals surface area contributed by atoms with Crippen molar-refractivity contribution in [3.63, 3.8) is 0 Å². The molecular weight excluding hydrogens is 288 g/mol. The van der Waals surface area contributed by atoms with Gasteiger partial charge in [-0.1, -0.05) is 43.1 Å². The molecule has 1 aromatic rings. The zero-order chi connectivity index (χ0) is 15.2. The third kappa shape index (κ3) is 4.43. The average molecular weight is 311 g/mol. The van der Waals surface area contributed by atoms with E-state index in [9.17, 15) is 9.90 Å². The van der Waals surface area contributed by atoms with E-state index in [1.54, 1.807) is 0 Å². The van der Waals surface area contributed by atoms with Gasteiger partial charge in [-0.2, -0.15) is 0 Å². The number of aliphatic hydroxyl groups excluding tert-OH is 1.